The molecule has 1 N–H and O–H groups in total. The molecule has 1 atom stereocenters. The number of methoxy groups -OCH3 is 1. The Kier molecular flexibility index (Phi) is 8.75. The average molecular weight is 378 g/mol. The Bertz CT molecular complexity index is 645. The molecule has 5 heteroatoms. The second-order valence-electron chi connectivity index (χ2n) is 6.34. The predicted molar refractivity (Wildman–Crippen MR) is 107 cm³/mol. The maximum Gasteiger partial charge on any atom is 0.161 e. The summed E-state index contributed by atoms with van der Waals surface area (Å²) in [5.74, 6) is 1.57. The van der Waals surface area contributed by atoms with Gasteiger partial charge in [0.1, 0.15) is 0 Å². The molecule has 4 nitrogen and oxygen atoms in total. The lowest BCUT2D eigenvalue weighted by atomic mass is 10.1. The van der Waals surface area contributed by atoms with Crippen molar-refractivity contribution >= 4 is 12.4 Å². The molecule has 0 amide bonds. The number of nitrogens with one attached hydrogen (secondary N) is 1. The van der Waals surface area contributed by atoms with E-state index in [9.17, 15) is 0 Å². The first-order valence-corrected chi connectivity index (χ1v) is 9.01. The highest BCUT2D eigenvalue weighted by Gasteiger charge is 2.14. The molecular formula is C21H28ClNO3. The van der Waals surface area contributed by atoms with Gasteiger partial charge in [-0.1, -0.05) is 36.4 Å². The molecule has 0 bridgehead atoms. The first kappa shape index (κ1) is 20.6. The monoisotopic (exact) mass is 377 g/mol. The van der Waals surface area contributed by atoms with E-state index >= 15 is 0 Å². The van der Waals surface area contributed by atoms with Crippen molar-refractivity contribution in [1.82, 2.24) is 5.32 Å². The van der Waals surface area contributed by atoms with Crippen LogP contribution in [0.1, 0.15) is 24.0 Å². The molecule has 0 radical (unpaired) electrons. The number of hydrogen-bond acceptors (Lipinski definition) is 4. The molecule has 0 spiro atoms. The maximum absolute atomic E-state index is 5.91. The van der Waals surface area contributed by atoms with Crippen LogP contribution in [0.2, 0.25) is 0 Å². The van der Waals surface area contributed by atoms with Crippen LogP contribution < -0.4 is 14.8 Å². The molecule has 0 aliphatic carbocycles. The molecule has 2 aromatic carbocycles. The largest absolute Gasteiger partial charge is 0.493 e. The molecule has 26 heavy (non-hydrogen) atoms. The number of hydrogen-bond donors (Lipinski definition) is 1. The van der Waals surface area contributed by atoms with Crippen molar-refractivity contribution < 1.29 is 14.2 Å². The van der Waals surface area contributed by atoms with Crippen LogP contribution in [-0.2, 0) is 17.7 Å². The van der Waals surface area contributed by atoms with Crippen LogP contribution in [0, 0.1) is 0 Å². The van der Waals surface area contributed by atoms with Gasteiger partial charge < -0.3 is 19.5 Å². The molecule has 1 unspecified atom stereocenters. The smallest absolute Gasteiger partial charge is 0.161 e. The van der Waals surface area contributed by atoms with Crippen molar-refractivity contribution in [2.24, 2.45) is 0 Å². The molecule has 1 saturated heterocycles. The summed E-state index contributed by atoms with van der Waals surface area (Å²) in [7, 11) is 1.68. The fraction of sp³-hybridized carbons (Fsp3) is 0.429. The quantitative estimate of drug-likeness (QED) is 0.716. The van der Waals surface area contributed by atoms with E-state index in [0.29, 0.717) is 12.7 Å². The van der Waals surface area contributed by atoms with Crippen molar-refractivity contribution in [3.63, 3.8) is 0 Å². The third-order valence-corrected chi connectivity index (χ3v) is 4.44. The molecule has 1 heterocycles. The minimum atomic E-state index is 0. The second-order valence-corrected chi connectivity index (χ2v) is 6.34. The minimum absolute atomic E-state index is 0. The predicted octanol–water partition coefficient (Wildman–Crippen LogP) is 4.01. The Hall–Kier alpha value is -1.75. The van der Waals surface area contributed by atoms with Crippen LogP contribution in [0.5, 0.6) is 11.5 Å². The van der Waals surface area contributed by atoms with E-state index in [1.165, 1.54) is 17.5 Å². The van der Waals surface area contributed by atoms with Crippen LogP contribution in [0.15, 0.2) is 48.5 Å². The normalized spacial score (nSPS) is 16.1. The molecule has 0 aromatic heterocycles. The zero-order valence-electron chi connectivity index (χ0n) is 15.3. The number of halogens is 1. The van der Waals surface area contributed by atoms with Crippen molar-refractivity contribution in [1.29, 1.82) is 0 Å². The third kappa shape index (κ3) is 6.20. The standard InChI is InChI=1S/C21H27NO3.ClH/c1-23-21-14-18(15-22-16-19-8-5-12-24-19)9-10-20(21)25-13-11-17-6-3-2-4-7-17;/h2-4,6-7,9-10,14,19,22H,5,8,11-13,15-16H2,1H3;1H. The maximum atomic E-state index is 5.91. The molecule has 1 fully saturated rings. The van der Waals surface area contributed by atoms with Gasteiger partial charge in [-0.15, -0.1) is 12.4 Å². The summed E-state index contributed by atoms with van der Waals surface area (Å²) in [6.45, 7) is 3.24. The highest BCUT2D eigenvalue weighted by Crippen LogP contribution is 2.28. The highest BCUT2D eigenvalue weighted by atomic mass is 35.5. The van der Waals surface area contributed by atoms with E-state index in [0.717, 1.165) is 44.0 Å². The van der Waals surface area contributed by atoms with Gasteiger partial charge in [0.15, 0.2) is 11.5 Å². The number of rotatable bonds is 9. The van der Waals surface area contributed by atoms with Crippen LogP contribution in [0.25, 0.3) is 0 Å². The van der Waals surface area contributed by atoms with E-state index in [1.54, 1.807) is 7.11 Å². The van der Waals surface area contributed by atoms with Crippen LogP contribution >= 0.6 is 12.4 Å². The zero-order chi connectivity index (χ0) is 17.3. The van der Waals surface area contributed by atoms with Crippen molar-refractivity contribution in [2.45, 2.75) is 31.9 Å². The van der Waals surface area contributed by atoms with Gasteiger partial charge in [0, 0.05) is 26.1 Å². The number of ether oxygens (including phenoxy) is 3. The SMILES string of the molecule is COc1cc(CNCC2CCCO2)ccc1OCCc1ccccc1.Cl. The summed E-state index contributed by atoms with van der Waals surface area (Å²) in [5.41, 5.74) is 2.46. The zero-order valence-corrected chi connectivity index (χ0v) is 16.1. The summed E-state index contributed by atoms with van der Waals surface area (Å²) in [4.78, 5) is 0. The number of benzene rings is 2. The first-order valence-electron chi connectivity index (χ1n) is 9.01. The van der Waals surface area contributed by atoms with E-state index in [-0.39, 0.29) is 12.4 Å². The van der Waals surface area contributed by atoms with Crippen molar-refractivity contribution in [3.05, 3.63) is 59.7 Å². The second kappa shape index (κ2) is 11.1. The lowest BCUT2D eigenvalue weighted by molar-refractivity contribution is 0.110. The summed E-state index contributed by atoms with van der Waals surface area (Å²) < 4.78 is 17.0. The molecular weight excluding hydrogens is 350 g/mol. The fourth-order valence-electron chi connectivity index (χ4n) is 3.05. The molecule has 0 saturated carbocycles. The minimum Gasteiger partial charge on any atom is -0.493 e. The lowest BCUT2D eigenvalue weighted by Crippen LogP contribution is -2.25. The van der Waals surface area contributed by atoms with Crippen molar-refractivity contribution in [2.75, 3.05) is 26.9 Å². The first-order chi connectivity index (χ1) is 12.3. The van der Waals surface area contributed by atoms with Crippen molar-refractivity contribution in [3.8, 4) is 11.5 Å². The van der Waals surface area contributed by atoms with Gasteiger partial charge in [-0.2, -0.15) is 0 Å². The van der Waals surface area contributed by atoms with Gasteiger partial charge in [0.25, 0.3) is 0 Å². The van der Waals surface area contributed by atoms with Gasteiger partial charge in [-0.25, -0.2) is 0 Å². The van der Waals surface area contributed by atoms with Gasteiger partial charge in [0.05, 0.1) is 19.8 Å². The Morgan fingerprint density at radius 1 is 1.08 bits per heavy atom. The van der Waals surface area contributed by atoms with E-state index in [1.807, 2.05) is 30.3 Å². The highest BCUT2D eigenvalue weighted by molar-refractivity contribution is 5.85. The van der Waals surface area contributed by atoms with Gasteiger partial charge in [-0.05, 0) is 36.1 Å². The lowest BCUT2D eigenvalue weighted by Gasteiger charge is -2.14. The molecule has 142 valence electrons. The molecule has 3 rings (SSSR count). The Morgan fingerprint density at radius 2 is 1.92 bits per heavy atom. The summed E-state index contributed by atoms with van der Waals surface area (Å²) in [6, 6.07) is 16.5. The van der Waals surface area contributed by atoms with Gasteiger partial charge in [0.2, 0.25) is 0 Å². The Morgan fingerprint density at radius 3 is 2.65 bits per heavy atom. The fourth-order valence-corrected chi connectivity index (χ4v) is 3.05. The molecule has 2 aromatic rings. The topological polar surface area (TPSA) is 39.7 Å². The van der Waals surface area contributed by atoms with Gasteiger partial charge in [-0.3, -0.25) is 0 Å². The summed E-state index contributed by atoms with van der Waals surface area (Å²) in [5, 5.41) is 3.46. The Balaban J connectivity index is 0.00000243. The van der Waals surface area contributed by atoms with Crippen LogP contribution in [-0.4, -0.2) is 33.0 Å². The third-order valence-electron chi connectivity index (χ3n) is 4.44. The average Bonchev–Trinajstić information content (AvgIpc) is 3.17. The van der Waals surface area contributed by atoms with E-state index < -0.39 is 0 Å². The summed E-state index contributed by atoms with van der Waals surface area (Å²) >= 11 is 0. The van der Waals surface area contributed by atoms with Crippen LogP contribution in [0.4, 0.5) is 0 Å². The van der Waals surface area contributed by atoms with E-state index in [4.69, 9.17) is 14.2 Å². The summed E-state index contributed by atoms with van der Waals surface area (Å²) in [6.07, 6.45) is 3.58. The molecule has 1 aliphatic rings. The Labute approximate surface area is 162 Å². The molecule has 1 aliphatic heterocycles. The van der Waals surface area contributed by atoms with Crippen LogP contribution in [0.3, 0.4) is 0 Å². The van der Waals surface area contributed by atoms with E-state index in [2.05, 4.69) is 23.5 Å². The van der Waals surface area contributed by atoms with Gasteiger partial charge >= 0.3 is 0 Å².